The van der Waals surface area contributed by atoms with Crippen molar-refractivity contribution in [2.45, 2.75) is 63.5 Å². The number of hydrogen-bond acceptors (Lipinski definition) is 9. The van der Waals surface area contributed by atoms with E-state index in [4.69, 9.17) is 20.9 Å². The van der Waals surface area contributed by atoms with Crippen LogP contribution in [0.4, 0.5) is 23.4 Å². The fourth-order valence-corrected chi connectivity index (χ4v) is 8.98. The number of fused-ring (bicyclic) bond motifs is 3. The van der Waals surface area contributed by atoms with Crippen molar-refractivity contribution in [1.29, 1.82) is 0 Å². The summed E-state index contributed by atoms with van der Waals surface area (Å²) in [5.41, 5.74) is -1.89. The van der Waals surface area contributed by atoms with Gasteiger partial charge in [-0.3, -0.25) is 9.88 Å². The van der Waals surface area contributed by atoms with Crippen LogP contribution in [0.2, 0.25) is 0 Å². The standard InChI is InChI=1S/C39H41F4N5O4/c1-4-25-29(40)9-8-23-15-24(49)16-26(31(23)25)33-32(41)34-27(17-44-33)35(48-13-14-51-20-37(3,50)19-48)46-36(45-34)52-21-38-10-5-7-30(38)47(12-6-11-38)18-28-22(2)39(28,42)43/h1,8-9,15-17,22,28,30,49-50H,5-7,10-14,18-21H2,2-3H3. The Labute approximate surface area is 299 Å². The van der Waals surface area contributed by atoms with Gasteiger partial charge >= 0.3 is 6.01 Å². The lowest BCUT2D eigenvalue weighted by Gasteiger charge is -2.46. The Morgan fingerprint density at radius 2 is 1.92 bits per heavy atom. The van der Waals surface area contributed by atoms with Crippen LogP contribution in [0.15, 0.2) is 30.5 Å². The smallest absolute Gasteiger partial charge is 0.319 e. The molecule has 5 atom stereocenters. The van der Waals surface area contributed by atoms with Crippen LogP contribution in [0, 0.1) is 41.2 Å². The number of hydrogen-bond donors (Lipinski definition) is 2. The Kier molecular flexibility index (Phi) is 8.51. The average molecular weight is 720 g/mol. The molecule has 2 aromatic carbocycles. The second kappa shape index (κ2) is 12.7. The van der Waals surface area contributed by atoms with Gasteiger partial charge in [0.05, 0.1) is 37.3 Å². The van der Waals surface area contributed by atoms with E-state index in [-0.39, 0.29) is 88.5 Å². The summed E-state index contributed by atoms with van der Waals surface area (Å²) in [6.45, 7) is 5.41. The molecule has 5 unspecified atom stereocenters. The number of anilines is 1. The number of benzene rings is 2. The molecular weight excluding hydrogens is 678 g/mol. The third-order valence-electron chi connectivity index (χ3n) is 11.8. The molecule has 2 aliphatic heterocycles. The third-order valence-corrected chi connectivity index (χ3v) is 11.8. The molecule has 4 aliphatic rings. The first-order chi connectivity index (χ1) is 24.8. The summed E-state index contributed by atoms with van der Waals surface area (Å²) >= 11 is 0. The van der Waals surface area contributed by atoms with Crippen molar-refractivity contribution in [3.05, 3.63) is 47.7 Å². The fraction of sp³-hybridized carbons (Fsp3) is 0.513. The van der Waals surface area contributed by atoms with Crippen LogP contribution in [0.5, 0.6) is 11.8 Å². The van der Waals surface area contributed by atoms with E-state index in [0.29, 0.717) is 18.5 Å². The molecule has 2 aromatic heterocycles. The number of likely N-dealkylation sites (tertiary alicyclic amines) is 1. The number of nitrogens with zero attached hydrogens (tertiary/aromatic N) is 5. The molecule has 0 amide bonds. The molecule has 9 nitrogen and oxygen atoms in total. The predicted molar refractivity (Wildman–Crippen MR) is 187 cm³/mol. The predicted octanol–water partition coefficient (Wildman–Crippen LogP) is 6.31. The van der Waals surface area contributed by atoms with Crippen LogP contribution in [-0.4, -0.2) is 93.6 Å². The number of rotatable bonds is 7. The van der Waals surface area contributed by atoms with Gasteiger partial charge in [0.2, 0.25) is 0 Å². The van der Waals surface area contributed by atoms with Gasteiger partial charge in [-0.15, -0.1) is 6.42 Å². The van der Waals surface area contributed by atoms with Gasteiger partial charge in [-0.05, 0) is 62.7 Å². The quantitative estimate of drug-likeness (QED) is 0.168. The molecule has 4 heterocycles. The number of phenolic OH excluding ortho intramolecular Hbond substituents is 1. The Morgan fingerprint density at radius 3 is 2.69 bits per heavy atom. The Morgan fingerprint density at radius 1 is 1.13 bits per heavy atom. The highest BCUT2D eigenvalue weighted by molar-refractivity contribution is 6.03. The van der Waals surface area contributed by atoms with E-state index in [1.807, 2.05) is 0 Å². The summed E-state index contributed by atoms with van der Waals surface area (Å²) < 4.78 is 72.6. The van der Waals surface area contributed by atoms with E-state index in [1.54, 1.807) is 18.7 Å². The van der Waals surface area contributed by atoms with E-state index in [9.17, 15) is 23.4 Å². The van der Waals surface area contributed by atoms with Crippen molar-refractivity contribution in [2.24, 2.45) is 17.3 Å². The van der Waals surface area contributed by atoms with Gasteiger partial charge in [0.15, 0.2) is 5.82 Å². The van der Waals surface area contributed by atoms with Gasteiger partial charge in [-0.2, -0.15) is 9.97 Å². The summed E-state index contributed by atoms with van der Waals surface area (Å²) in [6.07, 6.45) is 11.5. The molecule has 2 aliphatic carbocycles. The van der Waals surface area contributed by atoms with Crippen molar-refractivity contribution in [1.82, 2.24) is 19.9 Å². The number of halogens is 4. The van der Waals surface area contributed by atoms with Crippen molar-refractivity contribution >= 4 is 27.5 Å². The van der Waals surface area contributed by atoms with Crippen LogP contribution in [0.25, 0.3) is 32.9 Å². The second-order valence-electron chi connectivity index (χ2n) is 15.4. The molecular formula is C39H41F4N5O4. The zero-order valence-corrected chi connectivity index (χ0v) is 29.1. The maximum Gasteiger partial charge on any atom is 0.319 e. The molecule has 0 bridgehead atoms. The van der Waals surface area contributed by atoms with Crippen LogP contribution in [-0.2, 0) is 4.74 Å². The minimum Gasteiger partial charge on any atom is -0.508 e. The number of pyridine rings is 1. The molecule has 2 saturated carbocycles. The molecule has 0 radical (unpaired) electrons. The van der Waals surface area contributed by atoms with Gasteiger partial charge in [-0.25, -0.2) is 17.6 Å². The van der Waals surface area contributed by atoms with Gasteiger partial charge < -0.3 is 24.6 Å². The Hall–Kier alpha value is -4.25. The van der Waals surface area contributed by atoms with Crippen molar-refractivity contribution < 1.29 is 37.2 Å². The molecule has 274 valence electrons. The van der Waals surface area contributed by atoms with Crippen LogP contribution in [0.3, 0.4) is 0 Å². The lowest BCUT2D eigenvalue weighted by Crippen LogP contribution is -2.52. The number of piperidine rings is 1. The molecule has 4 fully saturated rings. The van der Waals surface area contributed by atoms with E-state index < -0.39 is 35.0 Å². The maximum atomic E-state index is 17.0. The van der Waals surface area contributed by atoms with E-state index in [2.05, 4.69) is 20.8 Å². The SMILES string of the molecule is C#Cc1c(F)ccc2cc(O)cc(-c3ncc4c(N5CCOCC(C)(O)C5)nc(OCC56CCCC5N(CC5C(C)C5(F)F)CCC6)nc4c3F)c12. The lowest BCUT2D eigenvalue weighted by atomic mass is 9.75. The summed E-state index contributed by atoms with van der Waals surface area (Å²) in [6, 6.07) is 5.33. The first kappa shape index (κ1) is 34.8. The van der Waals surface area contributed by atoms with Crippen molar-refractivity contribution in [2.75, 3.05) is 50.9 Å². The monoisotopic (exact) mass is 719 g/mol. The molecule has 8 rings (SSSR count). The number of ether oxygens (including phenoxy) is 2. The molecule has 2 N–H and O–H groups in total. The number of aromatic hydroxyl groups is 1. The van der Waals surface area contributed by atoms with E-state index in [0.717, 1.165) is 38.6 Å². The fourth-order valence-electron chi connectivity index (χ4n) is 8.98. The van der Waals surface area contributed by atoms with Crippen molar-refractivity contribution in [3.8, 4) is 35.4 Å². The first-order valence-electron chi connectivity index (χ1n) is 17.9. The summed E-state index contributed by atoms with van der Waals surface area (Å²) in [7, 11) is 0. The first-order valence-corrected chi connectivity index (χ1v) is 17.9. The normalized spacial score (nSPS) is 28.8. The van der Waals surface area contributed by atoms with E-state index >= 15 is 4.39 Å². The van der Waals surface area contributed by atoms with Crippen LogP contribution >= 0.6 is 0 Å². The number of alkyl halides is 2. The molecule has 4 aromatic rings. The number of terminal acetylenes is 1. The highest BCUT2D eigenvalue weighted by atomic mass is 19.3. The zero-order valence-electron chi connectivity index (χ0n) is 29.1. The second-order valence-corrected chi connectivity index (χ2v) is 15.4. The average Bonchev–Trinajstić information content (AvgIpc) is 3.39. The van der Waals surface area contributed by atoms with Crippen molar-refractivity contribution in [3.63, 3.8) is 0 Å². The summed E-state index contributed by atoms with van der Waals surface area (Å²) in [4.78, 5) is 17.8. The highest BCUT2D eigenvalue weighted by Crippen LogP contribution is 2.57. The number of phenols is 1. The third kappa shape index (κ3) is 5.89. The Bertz CT molecular complexity index is 2110. The maximum absolute atomic E-state index is 17.0. The number of β-amino-alcohol motifs (C(OH)–C–C–N with tert-alkyl or cyclic N) is 1. The topological polar surface area (TPSA) is 104 Å². The van der Waals surface area contributed by atoms with Gasteiger partial charge in [0, 0.05) is 53.5 Å². The minimum atomic E-state index is -2.63. The number of aliphatic hydroxyl groups is 1. The largest absolute Gasteiger partial charge is 0.508 e. The van der Waals surface area contributed by atoms with Crippen LogP contribution < -0.4 is 9.64 Å². The van der Waals surface area contributed by atoms with Crippen LogP contribution in [0.1, 0.15) is 51.5 Å². The molecule has 52 heavy (non-hydrogen) atoms. The Balaban J connectivity index is 1.21. The highest BCUT2D eigenvalue weighted by Gasteiger charge is 2.66. The zero-order chi connectivity index (χ0) is 36.6. The minimum absolute atomic E-state index is 0.0694. The van der Waals surface area contributed by atoms with Gasteiger partial charge in [0.1, 0.15) is 34.2 Å². The molecule has 0 spiro atoms. The summed E-state index contributed by atoms with van der Waals surface area (Å²) in [5, 5.41) is 22.5. The summed E-state index contributed by atoms with van der Waals surface area (Å²) in [5.74, 6) is -2.99. The molecule has 13 heteroatoms. The lowest BCUT2D eigenvalue weighted by molar-refractivity contribution is -0.0124. The van der Waals surface area contributed by atoms with Gasteiger partial charge in [-0.1, -0.05) is 25.3 Å². The van der Waals surface area contributed by atoms with E-state index in [1.165, 1.54) is 30.5 Å². The van der Waals surface area contributed by atoms with Gasteiger partial charge in [0.25, 0.3) is 5.92 Å². The molecule has 2 saturated heterocycles. The number of aromatic nitrogens is 3.